The van der Waals surface area contributed by atoms with Gasteiger partial charge in [0.15, 0.2) is 0 Å². The van der Waals surface area contributed by atoms with Gasteiger partial charge in [-0.2, -0.15) is 4.98 Å². The number of nitrogens with zero attached hydrogens (tertiary/aromatic N) is 4. The van der Waals surface area contributed by atoms with Crippen LogP contribution < -0.4 is 9.64 Å². The Kier molecular flexibility index (Phi) is 5.14. The number of piperidine rings is 1. The minimum Gasteiger partial charge on any atom is -0.481 e. The topological polar surface area (TPSA) is 67.8 Å². The van der Waals surface area contributed by atoms with Crippen molar-refractivity contribution in [2.45, 2.75) is 31.8 Å². The smallest absolute Gasteiger partial charge is 0.255 e. The van der Waals surface area contributed by atoms with Crippen molar-refractivity contribution in [1.82, 2.24) is 14.9 Å². The summed E-state index contributed by atoms with van der Waals surface area (Å²) in [4.78, 5) is 26.6. The molecule has 1 amide bonds. The molecular formula is C24H28N4O3. The highest BCUT2D eigenvalue weighted by molar-refractivity contribution is 5.88. The monoisotopic (exact) mass is 420 g/mol. The Hall–Kier alpha value is -2.93. The normalized spacial score (nSPS) is 20.1. The van der Waals surface area contributed by atoms with Gasteiger partial charge in [0.25, 0.3) is 5.91 Å². The molecule has 1 aromatic heterocycles. The number of benzene rings is 1. The van der Waals surface area contributed by atoms with Crippen LogP contribution in [0.2, 0.25) is 0 Å². The number of ether oxygens (including phenoxy) is 2. The van der Waals surface area contributed by atoms with E-state index < -0.39 is 5.60 Å². The summed E-state index contributed by atoms with van der Waals surface area (Å²) in [6.45, 7) is 5.16. The summed E-state index contributed by atoms with van der Waals surface area (Å²) in [6, 6.07) is 10.3. The summed E-state index contributed by atoms with van der Waals surface area (Å²) in [5, 5.41) is 0. The fraction of sp³-hybridized carbons (Fsp3) is 0.458. The van der Waals surface area contributed by atoms with Crippen molar-refractivity contribution in [3.8, 4) is 5.88 Å². The third kappa shape index (κ3) is 3.67. The van der Waals surface area contributed by atoms with Gasteiger partial charge in [0.05, 0.1) is 13.7 Å². The minimum absolute atomic E-state index is 0.117. The molecule has 2 fully saturated rings. The zero-order chi connectivity index (χ0) is 21.4. The van der Waals surface area contributed by atoms with E-state index in [1.807, 2.05) is 17.9 Å². The molecule has 7 heteroatoms. The second kappa shape index (κ2) is 7.96. The van der Waals surface area contributed by atoms with Gasteiger partial charge < -0.3 is 19.3 Å². The molecule has 5 rings (SSSR count). The maximum Gasteiger partial charge on any atom is 0.255 e. The number of hydrogen-bond donors (Lipinski definition) is 0. The number of anilines is 1. The van der Waals surface area contributed by atoms with Gasteiger partial charge in [-0.1, -0.05) is 30.3 Å². The lowest BCUT2D eigenvalue weighted by Crippen LogP contribution is -2.61. The summed E-state index contributed by atoms with van der Waals surface area (Å²) >= 11 is 0. The number of rotatable bonds is 4. The number of morpholine rings is 1. The maximum absolute atomic E-state index is 13.5. The molecule has 0 atom stereocenters. The first kappa shape index (κ1) is 20.0. The zero-order valence-electron chi connectivity index (χ0n) is 18.1. The molecule has 3 aliphatic rings. The lowest BCUT2D eigenvalue weighted by atomic mass is 9.88. The fourth-order valence-corrected chi connectivity index (χ4v) is 4.86. The van der Waals surface area contributed by atoms with Crippen molar-refractivity contribution in [2.75, 3.05) is 44.8 Å². The van der Waals surface area contributed by atoms with E-state index in [1.54, 1.807) is 7.11 Å². The molecule has 0 unspecified atom stereocenters. The number of methoxy groups -OCH3 is 1. The van der Waals surface area contributed by atoms with Crippen molar-refractivity contribution in [3.05, 3.63) is 53.2 Å². The van der Waals surface area contributed by atoms with E-state index in [0.717, 1.165) is 12.1 Å². The van der Waals surface area contributed by atoms with Crippen LogP contribution in [0, 0.1) is 6.92 Å². The third-order valence-electron chi connectivity index (χ3n) is 6.59. The first-order chi connectivity index (χ1) is 15.1. The van der Waals surface area contributed by atoms with Crippen LogP contribution in [0.4, 0.5) is 5.95 Å². The molecule has 0 saturated carbocycles. The van der Waals surface area contributed by atoms with Crippen molar-refractivity contribution < 1.29 is 14.3 Å². The number of aryl methyl sites for hydroxylation is 1. The van der Waals surface area contributed by atoms with Crippen LogP contribution in [-0.2, 0) is 16.0 Å². The van der Waals surface area contributed by atoms with Crippen molar-refractivity contribution >= 4 is 17.4 Å². The average molecular weight is 421 g/mol. The number of carbonyl (C=O) groups is 1. The Labute approximate surface area is 182 Å². The highest BCUT2D eigenvalue weighted by atomic mass is 16.5. The summed E-state index contributed by atoms with van der Waals surface area (Å²) in [5.41, 5.74) is 3.99. The number of fused-ring (bicyclic) bond motifs is 1. The van der Waals surface area contributed by atoms with Crippen molar-refractivity contribution in [3.63, 3.8) is 0 Å². The van der Waals surface area contributed by atoms with E-state index in [9.17, 15) is 4.79 Å². The molecular weight excluding hydrogens is 392 g/mol. The quantitative estimate of drug-likeness (QED) is 0.758. The third-order valence-corrected chi connectivity index (χ3v) is 6.59. The van der Waals surface area contributed by atoms with E-state index in [1.165, 1.54) is 16.7 Å². The molecule has 0 radical (unpaired) electrons. The van der Waals surface area contributed by atoms with Crippen LogP contribution in [0.15, 0.2) is 36.4 Å². The molecule has 31 heavy (non-hydrogen) atoms. The summed E-state index contributed by atoms with van der Waals surface area (Å²) < 4.78 is 11.4. The van der Waals surface area contributed by atoms with Gasteiger partial charge in [-0.05, 0) is 30.0 Å². The predicted molar refractivity (Wildman–Crippen MR) is 118 cm³/mol. The van der Waals surface area contributed by atoms with E-state index in [0.29, 0.717) is 57.5 Å². The standard InChI is InChI=1S/C24H28N4O3/c1-17-15-21(30-2)26-23(25-17)27-11-9-24(10-12-27)22(29)28(13-14-31-24)16-19-8-7-18-5-3-4-6-20(18)19/h3-6,8,15H,7,9-14,16H2,1-2H3. The molecule has 162 valence electrons. The lowest BCUT2D eigenvalue weighted by molar-refractivity contribution is -0.174. The Morgan fingerprint density at radius 1 is 1.16 bits per heavy atom. The van der Waals surface area contributed by atoms with Crippen LogP contribution >= 0.6 is 0 Å². The molecule has 2 aromatic rings. The molecule has 1 spiro atoms. The van der Waals surface area contributed by atoms with Crippen molar-refractivity contribution in [1.29, 1.82) is 0 Å². The molecule has 3 heterocycles. The molecule has 0 N–H and O–H groups in total. The minimum atomic E-state index is -0.735. The van der Waals surface area contributed by atoms with Crippen LogP contribution in [0.5, 0.6) is 5.88 Å². The second-order valence-electron chi connectivity index (χ2n) is 8.50. The second-order valence-corrected chi connectivity index (χ2v) is 8.50. The number of aromatic nitrogens is 2. The van der Waals surface area contributed by atoms with Gasteiger partial charge in [-0.15, -0.1) is 0 Å². The number of hydrogen-bond acceptors (Lipinski definition) is 6. The fourth-order valence-electron chi connectivity index (χ4n) is 4.86. The summed E-state index contributed by atoms with van der Waals surface area (Å²) in [6.07, 6.45) is 4.48. The highest BCUT2D eigenvalue weighted by Gasteiger charge is 2.47. The first-order valence-corrected chi connectivity index (χ1v) is 10.9. The van der Waals surface area contributed by atoms with Crippen molar-refractivity contribution in [2.24, 2.45) is 0 Å². The van der Waals surface area contributed by atoms with Crippen LogP contribution in [-0.4, -0.2) is 66.3 Å². The molecule has 2 aliphatic heterocycles. The molecule has 1 aliphatic carbocycles. The molecule has 7 nitrogen and oxygen atoms in total. The van der Waals surface area contributed by atoms with Gasteiger partial charge in [0.1, 0.15) is 5.60 Å². The van der Waals surface area contributed by atoms with Gasteiger partial charge in [0, 0.05) is 50.8 Å². The molecule has 0 bridgehead atoms. The van der Waals surface area contributed by atoms with Crippen LogP contribution in [0.1, 0.15) is 29.7 Å². The van der Waals surface area contributed by atoms with Gasteiger partial charge in [-0.25, -0.2) is 4.98 Å². The van der Waals surface area contributed by atoms with E-state index in [2.05, 4.69) is 45.2 Å². The Morgan fingerprint density at radius 2 is 1.97 bits per heavy atom. The number of carbonyl (C=O) groups excluding carboxylic acids is 1. The maximum atomic E-state index is 13.5. The zero-order valence-corrected chi connectivity index (χ0v) is 18.1. The van der Waals surface area contributed by atoms with Crippen LogP contribution in [0.3, 0.4) is 0 Å². The van der Waals surface area contributed by atoms with Gasteiger partial charge in [0.2, 0.25) is 11.8 Å². The lowest BCUT2D eigenvalue weighted by Gasteiger charge is -2.46. The molecule has 1 aromatic carbocycles. The first-order valence-electron chi connectivity index (χ1n) is 10.9. The SMILES string of the molecule is COc1cc(C)nc(N2CCC3(CC2)OCCN(CC2=CCc4ccccc42)C3=O)n1. The van der Waals surface area contributed by atoms with E-state index in [-0.39, 0.29) is 5.91 Å². The van der Waals surface area contributed by atoms with Crippen LogP contribution in [0.25, 0.3) is 5.57 Å². The Bertz CT molecular complexity index is 1030. The average Bonchev–Trinajstić information content (AvgIpc) is 3.20. The number of allylic oxidation sites excluding steroid dienone is 1. The predicted octanol–water partition coefficient (Wildman–Crippen LogP) is 2.63. The number of amides is 1. The van der Waals surface area contributed by atoms with E-state index in [4.69, 9.17) is 9.47 Å². The summed E-state index contributed by atoms with van der Waals surface area (Å²) in [7, 11) is 1.61. The van der Waals surface area contributed by atoms with Gasteiger partial charge >= 0.3 is 0 Å². The highest BCUT2D eigenvalue weighted by Crippen LogP contribution is 2.35. The largest absolute Gasteiger partial charge is 0.481 e. The Balaban J connectivity index is 1.28. The summed E-state index contributed by atoms with van der Waals surface area (Å²) in [5.74, 6) is 1.33. The van der Waals surface area contributed by atoms with Gasteiger partial charge in [-0.3, -0.25) is 4.79 Å². The molecule has 2 saturated heterocycles. The Morgan fingerprint density at radius 3 is 2.77 bits per heavy atom. The van der Waals surface area contributed by atoms with E-state index >= 15 is 0 Å².